The normalized spacial score (nSPS) is 11.6. The highest BCUT2D eigenvalue weighted by Crippen LogP contribution is 2.42. The first kappa shape index (κ1) is 15.3. The van der Waals surface area contributed by atoms with Crippen molar-refractivity contribution in [2.75, 3.05) is 7.11 Å². The molecule has 0 fully saturated rings. The molecule has 0 bridgehead atoms. The van der Waals surface area contributed by atoms with Gasteiger partial charge in [0.05, 0.1) is 12.5 Å². The van der Waals surface area contributed by atoms with Gasteiger partial charge in [-0.05, 0) is 29.8 Å². The van der Waals surface area contributed by atoms with E-state index < -0.39 is 11.2 Å². The molecule has 5 rings (SSSR count). The number of aromatic nitrogens is 3. The van der Waals surface area contributed by atoms with Gasteiger partial charge >= 0.3 is 0 Å². The lowest BCUT2D eigenvalue weighted by molar-refractivity contribution is 0.373. The second-order valence-corrected chi connectivity index (χ2v) is 6.12. The number of nitrogens with one attached hydrogen (secondary N) is 2. The van der Waals surface area contributed by atoms with Crippen molar-refractivity contribution >= 4 is 33.1 Å². The average Bonchev–Trinajstić information content (AvgIpc) is 3.28. The second kappa shape index (κ2) is 5.28. The van der Waals surface area contributed by atoms with Crippen molar-refractivity contribution in [1.82, 2.24) is 15.2 Å². The Balaban J connectivity index is 1.98. The number of pyridine rings is 1. The summed E-state index contributed by atoms with van der Waals surface area (Å²) < 4.78 is 11.1. The molecule has 2 aromatic carbocycles. The number of phenols is 2. The van der Waals surface area contributed by atoms with E-state index in [0.29, 0.717) is 33.4 Å². The predicted octanol–water partition coefficient (Wildman–Crippen LogP) is 3.24. The quantitative estimate of drug-likeness (QED) is 0.382. The zero-order chi connectivity index (χ0) is 18.7. The summed E-state index contributed by atoms with van der Waals surface area (Å²) in [6, 6.07) is 7.80. The van der Waals surface area contributed by atoms with Crippen LogP contribution < -0.4 is 10.2 Å². The summed E-state index contributed by atoms with van der Waals surface area (Å²) in [6.45, 7) is 0. The van der Waals surface area contributed by atoms with Gasteiger partial charge in [-0.25, -0.2) is 4.98 Å². The molecule has 0 unspecified atom stereocenters. The molecule has 0 aliphatic carbocycles. The Morgan fingerprint density at radius 1 is 1.11 bits per heavy atom. The molecule has 0 amide bonds. The number of hydrogen-bond acceptors (Lipinski definition) is 6. The predicted molar refractivity (Wildman–Crippen MR) is 99.3 cm³/mol. The number of ether oxygens (including phenoxy) is 1. The molecule has 0 radical (unpaired) electrons. The Labute approximate surface area is 150 Å². The highest BCUT2D eigenvalue weighted by atomic mass is 16.5. The topological polar surface area (TPSA) is 124 Å². The van der Waals surface area contributed by atoms with Crippen LogP contribution >= 0.6 is 0 Å². The summed E-state index contributed by atoms with van der Waals surface area (Å²) in [6.07, 6.45) is 1.74. The monoisotopic (exact) mass is 363 g/mol. The third kappa shape index (κ3) is 2.03. The van der Waals surface area contributed by atoms with Crippen molar-refractivity contribution in [2.45, 2.75) is 0 Å². The van der Waals surface area contributed by atoms with Gasteiger partial charge in [0.15, 0.2) is 28.3 Å². The molecule has 0 atom stereocenters. The molecule has 5 aromatic rings. The molecule has 0 saturated heterocycles. The number of H-pyrrole nitrogens is 2. The molecule has 134 valence electrons. The van der Waals surface area contributed by atoms with Gasteiger partial charge in [0, 0.05) is 17.1 Å². The molecular weight excluding hydrogens is 350 g/mol. The Hall–Kier alpha value is -3.94. The van der Waals surface area contributed by atoms with Gasteiger partial charge in [0.2, 0.25) is 11.2 Å². The van der Waals surface area contributed by atoms with Crippen LogP contribution in [0.5, 0.6) is 17.2 Å². The number of methoxy groups -OCH3 is 1. The number of aromatic amines is 2. The van der Waals surface area contributed by atoms with Gasteiger partial charge < -0.3 is 24.5 Å². The van der Waals surface area contributed by atoms with E-state index in [-0.39, 0.29) is 11.3 Å². The van der Waals surface area contributed by atoms with Gasteiger partial charge in [0.1, 0.15) is 5.52 Å². The van der Waals surface area contributed by atoms with Crippen LogP contribution in [-0.2, 0) is 0 Å². The number of hydrogen-bond donors (Lipinski definition) is 4. The van der Waals surface area contributed by atoms with Crippen LogP contribution in [-0.4, -0.2) is 32.5 Å². The van der Waals surface area contributed by atoms with E-state index in [1.54, 1.807) is 24.4 Å². The molecular formula is C19H13N3O5. The molecule has 3 heterocycles. The first-order chi connectivity index (χ1) is 13.1. The van der Waals surface area contributed by atoms with Gasteiger partial charge in [-0.3, -0.25) is 9.89 Å². The minimum atomic E-state index is -0.520. The Morgan fingerprint density at radius 3 is 2.78 bits per heavy atom. The lowest BCUT2D eigenvalue weighted by Crippen LogP contribution is -1.95. The maximum absolute atomic E-state index is 11.8. The van der Waals surface area contributed by atoms with Gasteiger partial charge in [-0.15, -0.1) is 0 Å². The largest absolute Gasteiger partial charge is 0.504 e. The van der Waals surface area contributed by atoms with Crippen molar-refractivity contribution in [2.24, 2.45) is 0 Å². The first-order valence-electron chi connectivity index (χ1n) is 8.10. The molecule has 27 heavy (non-hydrogen) atoms. The van der Waals surface area contributed by atoms with Crippen molar-refractivity contribution in [3.8, 4) is 28.4 Å². The molecule has 8 heteroatoms. The summed E-state index contributed by atoms with van der Waals surface area (Å²) in [5, 5.41) is 27.2. The van der Waals surface area contributed by atoms with Crippen LogP contribution in [0.25, 0.3) is 44.2 Å². The summed E-state index contributed by atoms with van der Waals surface area (Å²) in [5.41, 5.74) is 2.48. The van der Waals surface area contributed by atoms with Gasteiger partial charge in [-0.2, -0.15) is 0 Å². The summed E-state index contributed by atoms with van der Waals surface area (Å²) >= 11 is 0. The SMILES string of the molecule is COc1cc(-c2c3c[nH][nH]c3nc3c2oc2c(O)c(=O)ccc23)ccc1O. The number of phenolic OH excluding ortho intramolecular Hbond substituents is 2. The summed E-state index contributed by atoms with van der Waals surface area (Å²) in [4.78, 5) is 16.4. The van der Waals surface area contributed by atoms with Crippen molar-refractivity contribution < 1.29 is 19.4 Å². The fourth-order valence-corrected chi connectivity index (χ4v) is 3.34. The van der Waals surface area contributed by atoms with Crippen molar-refractivity contribution in [3.63, 3.8) is 0 Å². The summed E-state index contributed by atoms with van der Waals surface area (Å²) in [7, 11) is 1.47. The highest BCUT2D eigenvalue weighted by Gasteiger charge is 2.21. The van der Waals surface area contributed by atoms with E-state index in [4.69, 9.17) is 9.15 Å². The smallest absolute Gasteiger partial charge is 0.224 e. The number of furan rings is 1. The van der Waals surface area contributed by atoms with E-state index in [1.165, 1.54) is 19.2 Å². The Kier molecular flexibility index (Phi) is 3.00. The molecule has 3 aromatic heterocycles. The highest BCUT2D eigenvalue weighted by molar-refractivity contribution is 6.15. The van der Waals surface area contributed by atoms with E-state index in [1.807, 2.05) is 0 Å². The van der Waals surface area contributed by atoms with E-state index in [9.17, 15) is 15.0 Å². The number of fused-ring (bicyclic) bond motifs is 4. The molecule has 8 nitrogen and oxygen atoms in total. The fourth-order valence-electron chi connectivity index (χ4n) is 3.34. The van der Waals surface area contributed by atoms with Crippen LogP contribution in [0, 0.1) is 0 Å². The van der Waals surface area contributed by atoms with Crippen LogP contribution in [0.2, 0.25) is 0 Å². The average molecular weight is 363 g/mol. The zero-order valence-corrected chi connectivity index (χ0v) is 14.0. The molecule has 0 spiro atoms. The van der Waals surface area contributed by atoms with Crippen LogP contribution in [0.15, 0.2) is 45.7 Å². The second-order valence-electron chi connectivity index (χ2n) is 6.12. The maximum Gasteiger partial charge on any atom is 0.224 e. The van der Waals surface area contributed by atoms with E-state index in [2.05, 4.69) is 15.2 Å². The Morgan fingerprint density at radius 2 is 1.96 bits per heavy atom. The lowest BCUT2D eigenvalue weighted by atomic mass is 10.0. The van der Waals surface area contributed by atoms with Crippen LogP contribution in [0.3, 0.4) is 0 Å². The molecule has 0 aliphatic rings. The van der Waals surface area contributed by atoms with E-state index in [0.717, 1.165) is 10.9 Å². The third-order valence-electron chi connectivity index (χ3n) is 4.62. The molecule has 0 aliphatic heterocycles. The minimum absolute atomic E-state index is 0.0154. The number of benzene rings is 2. The molecule has 0 saturated carbocycles. The lowest BCUT2D eigenvalue weighted by Gasteiger charge is -2.08. The van der Waals surface area contributed by atoms with E-state index >= 15 is 0 Å². The number of rotatable bonds is 2. The fraction of sp³-hybridized carbons (Fsp3) is 0.0526. The third-order valence-corrected chi connectivity index (χ3v) is 4.62. The van der Waals surface area contributed by atoms with Crippen molar-refractivity contribution in [3.05, 3.63) is 46.8 Å². The van der Waals surface area contributed by atoms with Gasteiger partial charge in [-0.1, -0.05) is 6.07 Å². The van der Waals surface area contributed by atoms with Crippen molar-refractivity contribution in [1.29, 1.82) is 0 Å². The zero-order valence-electron chi connectivity index (χ0n) is 14.0. The minimum Gasteiger partial charge on any atom is -0.504 e. The number of nitrogens with zero attached hydrogens (tertiary/aromatic N) is 1. The Bertz CT molecular complexity index is 1410. The van der Waals surface area contributed by atoms with Crippen LogP contribution in [0.4, 0.5) is 0 Å². The van der Waals surface area contributed by atoms with Gasteiger partial charge in [0.25, 0.3) is 0 Å². The number of aromatic hydroxyl groups is 2. The first-order valence-corrected chi connectivity index (χ1v) is 8.10. The maximum atomic E-state index is 11.8. The standard InChI is InChI=1S/C19H13N3O5/c1-26-13-6-8(2-4-11(13)23)14-10-7-20-22-19(10)21-15-9-3-5-12(24)16(25)17(9)27-18(14)15/h2-7,23,25H,1H3,(H2,20,21,22). The van der Waals surface area contributed by atoms with Crippen LogP contribution in [0.1, 0.15) is 0 Å². The summed E-state index contributed by atoms with van der Waals surface area (Å²) in [5.74, 6) is -0.123. The molecule has 4 N–H and O–H groups in total.